The van der Waals surface area contributed by atoms with Crippen LogP contribution in [-0.4, -0.2) is 0 Å². The Bertz CT molecular complexity index is 542. The van der Waals surface area contributed by atoms with Gasteiger partial charge in [-0.1, -0.05) is 30.7 Å². The van der Waals surface area contributed by atoms with Gasteiger partial charge < -0.3 is 5.32 Å². The Kier molecular flexibility index (Phi) is 4.78. The average molecular weight is 273 g/mol. The van der Waals surface area contributed by atoms with Crippen LogP contribution in [0.15, 0.2) is 29.6 Å². The third-order valence-corrected chi connectivity index (χ3v) is 4.65. The van der Waals surface area contributed by atoms with Crippen LogP contribution in [0.5, 0.6) is 0 Å². The van der Waals surface area contributed by atoms with Crippen molar-refractivity contribution in [3.8, 4) is 0 Å². The van der Waals surface area contributed by atoms with Crippen LogP contribution in [0.2, 0.25) is 0 Å². The van der Waals surface area contributed by atoms with Crippen molar-refractivity contribution in [1.29, 1.82) is 0 Å². The van der Waals surface area contributed by atoms with Crippen LogP contribution < -0.4 is 5.32 Å². The fourth-order valence-corrected chi connectivity index (χ4v) is 3.35. The van der Waals surface area contributed by atoms with E-state index in [0.29, 0.717) is 6.04 Å². The molecule has 1 atom stereocenters. The first-order chi connectivity index (χ1) is 9.11. The zero-order valence-corrected chi connectivity index (χ0v) is 13.1. The van der Waals surface area contributed by atoms with E-state index in [1.807, 2.05) is 11.3 Å². The highest BCUT2D eigenvalue weighted by atomic mass is 32.1. The first-order valence-corrected chi connectivity index (χ1v) is 7.85. The summed E-state index contributed by atoms with van der Waals surface area (Å²) in [7, 11) is 0. The molecule has 102 valence electrons. The van der Waals surface area contributed by atoms with Crippen molar-refractivity contribution in [1.82, 2.24) is 5.32 Å². The minimum Gasteiger partial charge on any atom is -0.305 e. The Morgan fingerprint density at radius 3 is 2.74 bits per heavy atom. The molecule has 1 nitrogen and oxygen atoms in total. The van der Waals surface area contributed by atoms with Crippen LogP contribution >= 0.6 is 11.3 Å². The summed E-state index contributed by atoms with van der Waals surface area (Å²) < 4.78 is 0. The fraction of sp³-hybridized carbons (Fsp3) is 0.412. The molecule has 2 rings (SSSR count). The smallest absolute Gasteiger partial charge is 0.0308 e. The van der Waals surface area contributed by atoms with Crippen LogP contribution in [0.1, 0.15) is 47.0 Å². The lowest BCUT2D eigenvalue weighted by Crippen LogP contribution is -2.19. The molecule has 0 radical (unpaired) electrons. The van der Waals surface area contributed by atoms with E-state index in [1.165, 1.54) is 27.1 Å². The Morgan fingerprint density at radius 1 is 1.21 bits per heavy atom. The van der Waals surface area contributed by atoms with Crippen molar-refractivity contribution in [2.24, 2.45) is 0 Å². The predicted molar refractivity (Wildman–Crippen MR) is 84.9 cm³/mol. The Labute approximate surface area is 120 Å². The predicted octanol–water partition coefficient (Wildman–Crippen LogP) is 4.78. The van der Waals surface area contributed by atoms with Gasteiger partial charge in [0.2, 0.25) is 0 Å². The number of benzene rings is 1. The number of aryl methyl sites for hydroxylation is 3. The standard InChI is InChI=1S/C17H23NS/c1-5-15-8-9-19-17(15)11-18-14(4)16-10-12(2)6-7-13(16)3/h6-10,14,18H,5,11H2,1-4H3. The van der Waals surface area contributed by atoms with Gasteiger partial charge in [0, 0.05) is 17.5 Å². The van der Waals surface area contributed by atoms with Gasteiger partial charge >= 0.3 is 0 Å². The molecule has 0 bridgehead atoms. The van der Waals surface area contributed by atoms with Gasteiger partial charge in [0.05, 0.1) is 0 Å². The van der Waals surface area contributed by atoms with Crippen molar-refractivity contribution in [2.75, 3.05) is 0 Å². The van der Waals surface area contributed by atoms with Gasteiger partial charge in [-0.3, -0.25) is 0 Å². The second-order valence-electron chi connectivity index (χ2n) is 5.19. The van der Waals surface area contributed by atoms with Crippen LogP contribution in [-0.2, 0) is 13.0 Å². The molecule has 0 saturated carbocycles. The first kappa shape index (κ1) is 14.3. The Morgan fingerprint density at radius 2 is 2.00 bits per heavy atom. The van der Waals surface area contributed by atoms with E-state index in [4.69, 9.17) is 0 Å². The topological polar surface area (TPSA) is 12.0 Å². The summed E-state index contributed by atoms with van der Waals surface area (Å²) >= 11 is 1.86. The summed E-state index contributed by atoms with van der Waals surface area (Å²) in [5.41, 5.74) is 5.59. The van der Waals surface area contributed by atoms with Crippen LogP contribution in [0.4, 0.5) is 0 Å². The molecule has 1 aromatic heterocycles. The van der Waals surface area contributed by atoms with Gasteiger partial charge in [0.15, 0.2) is 0 Å². The molecular formula is C17H23NS. The highest BCUT2D eigenvalue weighted by Gasteiger charge is 2.09. The van der Waals surface area contributed by atoms with E-state index in [-0.39, 0.29) is 0 Å². The summed E-state index contributed by atoms with van der Waals surface area (Å²) in [6.07, 6.45) is 1.12. The van der Waals surface area contributed by atoms with E-state index in [2.05, 4.69) is 62.7 Å². The lowest BCUT2D eigenvalue weighted by molar-refractivity contribution is 0.574. The molecule has 0 aliphatic rings. The minimum absolute atomic E-state index is 0.395. The molecule has 1 aromatic carbocycles. The molecule has 2 aromatic rings. The zero-order chi connectivity index (χ0) is 13.8. The van der Waals surface area contributed by atoms with Crippen molar-refractivity contribution in [3.05, 3.63) is 56.8 Å². The van der Waals surface area contributed by atoms with Crippen molar-refractivity contribution in [3.63, 3.8) is 0 Å². The SMILES string of the molecule is CCc1ccsc1CNC(C)c1cc(C)ccc1C. The third kappa shape index (κ3) is 3.46. The van der Waals surface area contributed by atoms with E-state index in [1.54, 1.807) is 0 Å². The zero-order valence-electron chi connectivity index (χ0n) is 12.3. The summed E-state index contributed by atoms with van der Waals surface area (Å²) in [4.78, 5) is 1.47. The molecule has 0 fully saturated rings. The summed E-state index contributed by atoms with van der Waals surface area (Å²) in [5.74, 6) is 0. The quantitative estimate of drug-likeness (QED) is 0.827. The van der Waals surface area contributed by atoms with Crippen LogP contribution in [0.25, 0.3) is 0 Å². The van der Waals surface area contributed by atoms with E-state index < -0.39 is 0 Å². The highest BCUT2D eigenvalue weighted by Crippen LogP contribution is 2.22. The second kappa shape index (κ2) is 6.36. The molecule has 0 amide bonds. The molecule has 0 aliphatic heterocycles. The lowest BCUT2D eigenvalue weighted by Gasteiger charge is -2.17. The maximum absolute atomic E-state index is 3.65. The van der Waals surface area contributed by atoms with Gasteiger partial charge in [-0.2, -0.15) is 0 Å². The average Bonchev–Trinajstić information content (AvgIpc) is 2.86. The summed E-state index contributed by atoms with van der Waals surface area (Å²) in [6, 6.07) is 9.32. The molecule has 0 saturated heterocycles. The van der Waals surface area contributed by atoms with Gasteiger partial charge in [-0.25, -0.2) is 0 Å². The lowest BCUT2D eigenvalue weighted by atomic mass is 10.00. The molecule has 2 heteroatoms. The van der Waals surface area contributed by atoms with Crippen molar-refractivity contribution >= 4 is 11.3 Å². The molecule has 1 unspecified atom stereocenters. The van der Waals surface area contributed by atoms with Crippen molar-refractivity contribution < 1.29 is 0 Å². The summed E-state index contributed by atoms with van der Waals surface area (Å²) in [6.45, 7) is 9.79. The fourth-order valence-electron chi connectivity index (χ4n) is 2.42. The number of thiophene rings is 1. The molecular weight excluding hydrogens is 250 g/mol. The number of nitrogens with one attached hydrogen (secondary N) is 1. The maximum atomic E-state index is 3.65. The first-order valence-electron chi connectivity index (χ1n) is 6.97. The maximum Gasteiger partial charge on any atom is 0.0308 e. The number of rotatable bonds is 5. The Hall–Kier alpha value is -1.12. The van der Waals surface area contributed by atoms with Crippen LogP contribution in [0.3, 0.4) is 0 Å². The molecule has 0 aliphatic carbocycles. The molecule has 19 heavy (non-hydrogen) atoms. The van der Waals surface area contributed by atoms with E-state index in [9.17, 15) is 0 Å². The van der Waals surface area contributed by atoms with Gasteiger partial charge in [-0.05, 0) is 55.3 Å². The van der Waals surface area contributed by atoms with E-state index in [0.717, 1.165) is 13.0 Å². The number of hydrogen-bond acceptors (Lipinski definition) is 2. The number of hydrogen-bond donors (Lipinski definition) is 1. The van der Waals surface area contributed by atoms with E-state index >= 15 is 0 Å². The molecule has 1 heterocycles. The normalized spacial score (nSPS) is 12.6. The third-order valence-electron chi connectivity index (χ3n) is 3.69. The highest BCUT2D eigenvalue weighted by molar-refractivity contribution is 7.10. The van der Waals surface area contributed by atoms with Crippen molar-refractivity contribution in [2.45, 2.75) is 46.7 Å². The monoisotopic (exact) mass is 273 g/mol. The van der Waals surface area contributed by atoms with Gasteiger partial charge in [-0.15, -0.1) is 11.3 Å². The largest absolute Gasteiger partial charge is 0.305 e. The summed E-state index contributed by atoms with van der Waals surface area (Å²) in [5, 5.41) is 5.85. The molecule has 0 spiro atoms. The van der Waals surface area contributed by atoms with Gasteiger partial charge in [0.1, 0.15) is 0 Å². The molecule has 1 N–H and O–H groups in total. The Balaban J connectivity index is 2.05. The van der Waals surface area contributed by atoms with Crippen LogP contribution in [0, 0.1) is 13.8 Å². The second-order valence-corrected chi connectivity index (χ2v) is 6.19. The van der Waals surface area contributed by atoms with Gasteiger partial charge in [0.25, 0.3) is 0 Å². The minimum atomic E-state index is 0.395.